The number of benzene rings is 2. The molecule has 6 heteroatoms. The van der Waals surface area contributed by atoms with Crippen LogP contribution in [0, 0.1) is 21.7 Å². The summed E-state index contributed by atoms with van der Waals surface area (Å²) in [7, 11) is 0. The third kappa shape index (κ3) is 2.12. The van der Waals surface area contributed by atoms with Gasteiger partial charge in [-0.25, -0.2) is 0 Å². The maximum atomic E-state index is 10.8. The fraction of sp³-hybridized carbons (Fsp3) is 0.0714. The Morgan fingerprint density at radius 2 is 2.00 bits per heavy atom. The summed E-state index contributed by atoms with van der Waals surface area (Å²) in [4.78, 5) is 10.4. The Hall–Kier alpha value is -1.75. The molecule has 0 radical (unpaired) electrons. The molecule has 0 unspecified atom stereocenters. The summed E-state index contributed by atoms with van der Waals surface area (Å²) < 4.78 is 4.15. The van der Waals surface area contributed by atoms with E-state index in [1.807, 2.05) is 25.1 Å². The number of aromatic nitrogens is 1. The number of aryl methyl sites for hydroxylation is 1. The van der Waals surface area contributed by atoms with Crippen LogP contribution in [0.4, 0.5) is 5.69 Å². The van der Waals surface area contributed by atoms with E-state index in [1.54, 1.807) is 12.1 Å². The average Bonchev–Trinajstić information content (AvgIpc) is 2.76. The average molecular weight is 349 g/mol. The van der Waals surface area contributed by atoms with Crippen molar-refractivity contribution in [3.63, 3.8) is 0 Å². The molecular weight excluding hydrogens is 339 g/mol. The molecule has 0 aliphatic heterocycles. The topological polar surface area (TPSA) is 48.1 Å². The van der Waals surface area contributed by atoms with Crippen LogP contribution >= 0.6 is 12.2 Å². The van der Waals surface area contributed by atoms with E-state index in [9.17, 15) is 10.1 Å². The summed E-state index contributed by atoms with van der Waals surface area (Å²) in [5.74, 6) is 0. The predicted octanol–water partition coefficient (Wildman–Crippen LogP) is 3.63. The Kier molecular flexibility index (Phi) is 3.30. The van der Waals surface area contributed by atoms with Gasteiger partial charge >= 0.3 is 126 Å². The van der Waals surface area contributed by atoms with Crippen molar-refractivity contribution in [2.45, 2.75) is 6.92 Å². The summed E-state index contributed by atoms with van der Waals surface area (Å²) in [6, 6.07) is 13.0. The molecule has 0 atom stereocenters. The molecule has 1 heterocycles. The molecule has 2 aromatic carbocycles. The summed E-state index contributed by atoms with van der Waals surface area (Å²) in [5, 5.41) is 11.9. The molecule has 0 aliphatic rings. The molecule has 3 rings (SSSR count). The third-order valence-electron chi connectivity index (χ3n) is 3.10. The second kappa shape index (κ2) is 4.98. The molecule has 0 N–H and O–H groups in total. The van der Waals surface area contributed by atoms with Crippen LogP contribution in [-0.2, 0) is 0 Å². The molecule has 0 saturated heterocycles. The molecule has 0 spiro atoms. The fourth-order valence-corrected chi connectivity index (χ4v) is 5.00. The van der Waals surface area contributed by atoms with Gasteiger partial charge in [-0.05, 0) is 0 Å². The Morgan fingerprint density at radius 3 is 2.65 bits per heavy atom. The fourth-order valence-electron chi connectivity index (χ4n) is 2.11. The van der Waals surface area contributed by atoms with Crippen molar-refractivity contribution in [1.82, 2.24) is 3.56 Å². The van der Waals surface area contributed by atoms with E-state index in [-0.39, 0.29) is 25.3 Å². The van der Waals surface area contributed by atoms with Crippen molar-refractivity contribution in [3.8, 4) is 5.69 Å². The monoisotopic (exact) mass is 350 g/mol. The zero-order valence-corrected chi connectivity index (χ0v) is 13.1. The van der Waals surface area contributed by atoms with Gasteiger partial charge in [0.15, 0.2) is 0 Å². The van der Waals surface area contributed by atoms with Crippen LogP contribution in [0.5, 0.6) is 0 Å². The van der Waals surface area contributed by atoms with E-state index >= 15 is 0 Å². The minimum absolute atomic E-state index is 0.0918. The van der Waals surface area contributed by atoms with Crippen molar-refractivity contribution in [3.05, 3.63) is 62.8 Å². The van der Waals surface area contributed by atoms with Gasteiger partial charge in [0.2, 0.25) is 0 Å². The molecule has 4 nitrogen and oxygen atoms in total. The van der Waals surface area contributed by atoms with Gasteiger partial charge in [0.1, 0.15) is 0 Å². The van der Waals surface area contributed by atoms with E-state index < -0.39 is 0 Å². The second-order valence-electron chi connectivity index (χ2n) is 4.41. The Morgan fingerprint density at radius 1 is 1.25 bits per heavy atom. The van der Waals surface area contributed by atoms with Gasteiger partial charge in [-0.3, -0.25) is 0 Å². The van der Waals surface area contributed by atoms with Crippen LogP contribution in [-0.4, -0.2) is 23.2 Å². The van der Waals surface area contributed by atoms with Crippen molar-refractivity contribution in [1.29, 1.82) is 0 Å². The molecule has 0 amide bonds. The summed E-state index contributed by atoms with van der Waals surface area (Å²) in [6.45, 7) is 1.88. The molecule has 3 aromatic rings. The first-order valence-corrected chi connectivity index (χ1v) is 7.97. The van der Waals surface area contributed by atoms with Crippen LogP contribution in [0.1, 0.15) is 5.56 Å². The SMILES string of the molecule is Cc1cc([N+](=O)[O-])ccc1-n1[se]c2ccccc2c1=S. The van der Waals surface area contributed by atoms with Gasteiger partial charge in [-0.2, -0.15) is 0 Å². The third-order valence-corrected chi connectivity index (χ3v) is 6.10. The molecule has 0 aliphatic carbocycles. The van der Waals surface area contributed by atoms with Crippen LogP contribution in [0.25, 0.3) is 15.3 Å². The number of rotatable bonds is 2. The van der Waals surface area contributed by atoms with Crippen LogP contribution < -0.4 is 0 Å². The van der Waals surface area contributed by atoms with E-state index in [4.69, 9.17) is 12.2 Å². The zero-order chi connectivity index (χ0) is 14.3. The van der Waals surface area contributed by atoms with Crippen molar-refractivity contribution < 1.29 is 4.92 Å². The first-order valence-electron chi connectivity index (χ1n) is 5.94. The summed E-state index contributed by atoms with van der Waals surface area (Å²) in [6.07, 6.45) is 0. The number of nitro groups is 1. The molecule has 0 saturated carbocycles. The molecule has 0 fully saturated rings. The number of non-ortho nitro benzene ring substituents is 1. The Bertz CT molecular complexity index is 882. The van der Waals surface area contributed by atoms with E-state index in [0.29, 0.717) is 0 Å². The van der Waals surface area contributed by atoms with Gasteiger partial charge in [0.25, 0.3) is 0 Å². The molecule has 20 heavy (non-hydrogen) atoms. The maximum absolute atomic E-state index is 10.8. The molecule has 100 valence electrons. The number of nitrogens with zero attached hydrogens (tertiary/aromatic N) is 2. The van der Waals surface area contributed by atoms with Crippen molar-refractivity contribution >= 4 is 42.3 Å². The van der Waals surface area contributed by atoms with Crippen molar-refractivity contribution in [2.75, 3.05) is 0 Å². The van der Waals surface area contributed by atoms with Crippen LogP contribution in [0.3, 0.4) is 0 Å². The summed E-state index contributed by atoms with van der Waals surface area (Å²) >= 11 is 5.62. The van der Waals surface area contributed by atoms with Gasteiger partial charge in [-0.1, -0.05) is 0 Å². The van der Waals surface area contributed by atoms with E-state index in [1.165, 1.54) is 10.3 Å². The van der Waals surface area contributed by atoms with Crippen LogP contribution in [0.15, 0.2) is 42.5 Å². The number of nitro benzene ring substituents is 1. The van der Waals surface area contributed by atoms with E-state index in [2.05, 4.69) is 9.63 Å². The van der Waals surface area contributed by atoms with Gasteiger partial charge < -0.3 is 0 Å². The van der Waals surface area contributed by atoms with Gasteiger partial charge in [0, 0.05) is 0 Å². The van der Waals surface area contributed by atoms with Gasteiger partial charge in [0.05, 0.1) is 0 Å². The molecular formula is C14H10N2O2SSe. The predicted molar refractivity (Wildman–Crippen MR) is 82.4 cm³/mol. The molecule has 0 bridgehead atoms. The first-order chi connectivity index (χ1) is 9.58. The summed E-state index contributed by atoms with van der Waals surface area (Å²) in [5.41, 5.74) is 1.94. The minimum atomic E-state index is -0.376. The normalized spacial score (nSPS) is 10.8. The standard InChI is InChI=1S/C14H10N2O2SSe/c1-9-8-10(16(17)18)6-7-12(9)15-14(19)11-4-2-3-5-13(11)20-15/h2-8H,1H3. The Labute approximate surface area is 126 Å². The zero-order valence-electron chi connectivity index (χ0n) is 10.6. The van der Waals surface area contributed by atoms with Crippen LogP contribution in [0.2, 0.25) is 0 Å². The van der Waals surface area contributed by atoms with E-state index in [0.717, 1.165) is 21.3 Å². The first kappa shape index (κ1) is 13.2. The van der Waals surface area contributed by atoms with Gasteiger partial charge in [-0.15, -0.1) is 0 Å². The number of fused-ring (bicyclic) bond motifs is 1. The second-order valence-corrected chi connectivity index (χ2v) is 6.87. The number of hydrogen-bond acceptors (Lipinski definition) is 3. The number of hydrogen-bond donors (Lipinski definition) is 0. The Balaban J connectivity index is 2.23. The quantitative estimate of drug-likeness (QED) is 0.307. The molecule has 1 aromatic heterocycles. The van der Waals surface area contributed by atoms with Crippen molar-refractivity contribution in [2.24, 2.45) is 0 Å².